The van der Waals surface area contributed by atoms with Crippen LogP contribution < -0.4 is 5.32 Å². The van der Waals surface area contributed by atoms with Crippen molar-refractivity contribution < 1.29 is 4.79 Å². The molecular weight excluding hydrogens is 283 g/mol. The lowest BCUT2D eigenvalue weighted by Crippen LogP contribution is -2.35. The van der Waals surface area contributed by atoms with Crippen LogP contribution in [0.5, 0.6) is 0 Å². The van der Waals surface area contributed by atoms with Crippen molar-refractivity contribution in [1.29, 1.82) is 0 Å². The molecule has 1 amide bonds. The average Bonchev–Trinajstić information content (AvgIpc) is 2.35. The van der Waals surface area contributed by atoms with Crippen LogP contribution in [-0.2, 0) is 0 Å². The summed E-state index contributed by atoms with van der Waals surface area (Å²) in [5.41, 5.74) is 0.219. The summed E-state index contributed by atoms with van der Waals surface area (Å²) in [6, 6.07) is 3.41. The van der Waals surface area contributed by atoms with Crippen LogP contribution in [0.25, 0.3) is 0 Å². The van der Waals surface area contributed by atoms with Gasteiger partial charge in [-0.25, -0.2) is 4.98 Å². The summed E-state index contributed by atoms with van der Waals surface area (Å²) >= 11 is 11.8. The molecule has 1 saturated carbocycles. The number of nitrogens with zero attached hydrogens (tertiary/aromatic N) is 1. The second-order valence-corrected chi connectivity index (χ2v) is 5.77. The van der Waals surface area contributed by atoms with Crippen LogP contribution in [0.1, 0.15) is 55.4 Å². The first-order valence-corrected chi connectivity index (χ1v) is 7.55. The highest BCUT2D eigenvalue weighted by Crippen LogP contribution is 2.20. The fourth-order valence-corrected chi connectivity index (χ4v) is 2.77. The molecule has 0 saturated heterocycles. The summed E-state index contributed by atoms with van der Waals surface area (Å²) in [6.07, 6.45) is 8.21. The number of aromatic nitrogens is 1. The summed E-state index contributed by atoms with van der Waals surface area (Å²) in [7, 11) is 0. The van der Waals surface area contributed by atoms with Crippen LogP contribution in [0, 0.1) is 0 Å². The number of hydrogen-bond donors (Lipinski definition) is 1. The molecule has 1 fully saturated rings. The molecular formula is C14H18Cl2N2O. The summed E-state index contributed by atoms with van der Waals surface area (Å²) < 4.78 is 0. The van der Waals surface area contributed by atoms with Gasteiger partial charge < -0.3 is 5.32 Å². The highest BCUT2D eigenvalue weighted by molar-refractivity contribution is 6.34. The van der Waals surface area contributed by atoms with E-state index in [9.17, 15) is 4.79 Å². The Morgan fingerprint density at radius 3 is 2.42 bits per heavy atom. The van der Waals surface area contributed by atoms with E-state index in [2.05, 4.69) is 10.3 Å². The SMILES string of the molecule is O=C(NC1CCCCCCC1)c1nc(Cl)ccc1Cl. The molecule has 0 aromatic carbocycles. The first-order chi connectivity index (χ1) is 9.16. The fourth-order valence-electron chi connectivity index (χ4n) is 2.43. The van der Waals surface area contributed by atoms with Gasteiger partial charge in [0.25, 0.3) is 5.91 Å². The Labute approximate surface area is 123 Å². The second-order valence-electron chi connectivity index (χ2n) is 4.98. The Bertz CT molecular complexity index is 443. The highest BCUT2D eigenvalue weighted by Gasteiger charge is 2.18. The second kappa shape index (κ2) is 7.11. The van der Waals surface area contributed by atoms with Crippen LogP contribution in [0.3, 0.4) is 0 Å². The maximum Gasteiger partial charge on any atom is 0.271 e. The number of amides is 1. The van der Waals surface area contributed by atoms with Gasteiger partial charge in [-0.3, -0.25) is 4.79 Å². The molecule has 19 heavy (non-hydrogen) atoms. The van der Waals surface area contributed by atoms with E-state index in [1.807, 2.05) is 0 Å². The largest absolute Gasteiger partial charge is 0.348 e. The molecule has 0 radical (unpaired) electrons. The van der Waals surface area contributed by atoms with Gasteiger partial charge in [-0.2, -0.15) is 0 Å². The normalized spacial score (nSPS) is 17.6. The van der Waals surface area contributed by atoms with Crippen molar-refractivity contribution in [3.8, 4) is 0 Å². The predicted octanol–water partition coefficient (Wildman–Crippen LogP) is 4.23. The van der Waals surface area contributed by atoms with E-state index < -0.39 is 0 Å². The van der Waals surface area contributed by atoms with Crippen LogP contribution in [0.4, 0.5) is 0 Å². The third kappa shape index (κ3) is 4.36. The molecule has 0 bridgehead atoms. The number of hydrogen-bond acceptors (Lipinski definition) is 2. The monoisotopic (exact) mass is 300 g/mol. The van der Waals surface area contributed by atoms with Crippen molar-refractivity contribution in [3.05, 3.63) is 28.0 Å². The summed E-state index contributed by atoms with van der Waals surface area (Å²) in [5.74, 6) is -0.224. The molecule has 0 spiro atoms. The molecule has 5 heteroatoms. The molecule has 2 rings (SSSR count). The number of rotatable bonds is 2. The standard InChI is InChI=1S/C14H18Cl2N2O/c15-11-8-9-12(16)18-13(11)14(19)17-10-6-4-2-1-3-5-7-10/h8-10H,1-7H2,(H,17,19). The van der Waals surface area contributed by atoms with Gasteiger partial charge in [-0.05, 0) is 25.0 Å². The van der Waals surface area contributed by atoms with Crippen molar-refractivity contribution in [2.75, 3.05) is 0 Å². The van der Waals surface area contributed by atoms with Gasteiger partial charge in [-0.1, -0.05) is 55.3 Å². The fraction of sp³-hybridized carbons (Fsp3) is 0.571. The minimum absolute atomic E-state index is 0.219. The Hall–Kier alpha value is -0.800. The predicted molar refractivity (Wildman–Crippen MR) is 77.8 cm³/mol. The Morgan fingerprint density at radius 2 is 1.74 bits per heavy atom. The lowest BCUT2D eigenvalue weighted by atomic mass is 9.96. The van der Waals surface area contributed by atoms with Crippen molar-refractivity contribution in [1.82, 2.24) is 10.3 Å². The summed E-state index contributed by atoms with van der Waals surface area (Å²) in [5, 5.41) is 3.65. The number of nitrogens with one attached hydrogen (secondary N) is 1. The summed E-state index contributed by atoms with van der Waals surface area (Å²) in [6.45, 7) is 0. The topological polar surface area (TPSA) is 42.0 Å². The van der Waals surface area contributed by atoms with E-state index in [1.165, 1.54) is 32.1 Å². The van der Waals surface area contributed by atoms with Crippen molar-refractivity contribution >= 4 is 29.1 Å². The van der Waals surface area contributed by atoms with E-state index in [4.69, 9.17) is 23.2 Å². The highest BCUT2D eigenvalue weighted by atomic mass is 35.5. The van der Waals surface area contributed by atoms with E-state index in [0.717, 1.165) is 12.8 Å². The first kappa shape index (κ1) is 14.6. The van der Waals surface area contributed by atoms with E-state index >= 15 is 0 Å². The van der Waals surface area contributed by atoms with Gasteiger partial charge in [0.15, 0.2) is 0 Å². The molecule has 0 atom stereocenters. The molecule has 3 nitrogen and oxygen atoms in total. The maximum atomic E-state index is 12.2. The first-order valence-electron chi connectivity index (χ1n) is 6.80. The lowest BCUT2D eigenvalue weighted by Gasteiger charge is -2.21. The number of carbonyl (C=O) groups excluding carboxylic acids is 1. The van der Waals surface area contributed by atoms with E-state index in [-0.39, 0.29) is 22.8 Å². The van der Waals surface area contributed by atoms with Gasteiger partial charge in [0.1, 0.15) is 10.8 Å². The van der Waals surface area contributed by atoms with Gasteiger partial charge in [0.05, 0.1) is 5.02 Å². The third-order valence-electron chi connectivity index (χ3n) is 3.47. The van der Waals surface area contributed by atoms with Crippen molar-refractivity contribution in [2.24, 2.45) is 0 Å². The number of halogens is 2. The minimum atomic E-state index is -0.224. The molecule has 0 aliphatic heterocycles. The number of carbonyl (C=O) groups is 1. The Morgan fingerprint density at radius 1 is 1.11 bits per heavy atom. The summed E-state index contributed by atoms with van der Waals surface area (Å²) in [4.78, 5) is 16.2. The van der Waals surface area contributed by atoms with Crippen LogP contribution in [0.15, 0.2) is 12.1 Å². The average molecular weight is 301 g/mol. The molecule has 0 unspecified atom stereocenters. The zero-order valence-electron chi connectivity index (χ0n) is 10.8. The van der Waals surface area contributed by atoms with Crippen molar-refractivity contribution in [2.45, 2.75) is 51.0 Å². The zero-order valence-corrected chi connectivity index (χ0v) is 12.3. The Kier molecular flexibility index (Phi) is 5.46. The molecule has 1 aromatic rings. The van der Waals surface area contributed by atoms with Crippen molar-refractivity contribution in [3.63, 3.8) is 0 Å². The van der Waals surface area contributed by atoms with E-state index in [1.54, 1.807) is 12.1 Å². The molecule has 1 aromatic heterocycles. The van der Waals surface area contributed by atoms with E-state index in [0.29, 0.717) is 5.02 Å². The lowest BCUT2D eigenvalue weighted by molar-refractivity contribution is 0.0925. The molecule has 1 N–H and O–H groups in total. The molecule has 1 aliphatic rings. The zero-order chi connectivity index (χ0) is 13.7. The molecule has 1 aliphatic carbocycles. The quantitative estimate of drug-likeness (QED) is 0.831. The maximum absolute atomic E-state index is 12.2. The van der Waals surface area contributed by atoms with Crippen LogP contribution in [-0.4, -0.2) is 16.9 Å². The Balaban J connectivity index is 2.00. The van der Waals surface area contributed by atoms with Gasteiger partial charge in [0.2, 0.25) is 0 Å². The molecule has 104 valence electrons. The minimum Gasteiger partial charge on any atom is -0.348 e. The smallest absolute Gasteiger partial charge is 0.271 e. The van der Waals surface area contributed by atoms with Crippen LogP contribution in [0.2, 0.25) is 10.2 Å². The van der Waals surface area contributed by atoms with Gasteiger partial charge in [0, 0.05) is 6.04 Å². The third-order valence-corrected chi connectivity index (χ3v) is 3.98. The van der Waals surface area contributed by atoms with Gasteiger partial charge in [-0.15, -0.1) is 0 Å². The number of pyridine rings is 1. The molecule has 1 heterocycles. The van der Waals surface area contributed by atoms with Crippen LogP contribution >= 0.6 is 23.2 Å². The van der Waals surface area contributed by atoms with Gasteiger partial charge >= 0.3 is 0 Å².